The zero-order valence-corrected chi connectivity index (χ0v) is 30.5. The number of aryl methyl sites for hydroxylation is 4. The summed E-state index contributed by atoms with van der Waals surface area (Å²) in [6.45, 7) is 1.78. The van der Waals surface area contributed by atoms with Crippen LogP contribution < -0.4 is 39.1 Å². The molecular formula is C43H34N2O12. The van der Waals surface area contributed by atoms with Gasteiger partial charge in [0.05, 0.1) is 24.8 Å². The van der Waals surface area contributed by atoms with Crippen molar-refractivity contribution in [2.24, 2.45) is 0 Å². The highest BCUT2D eigenvalue weighted by Crippen LogP contribution is 2.32. The zero-order chi connectivity index (χ0) is 39.9. The molecule has 8 rings (SSSR count). The molecule has 5 aromatic rings. The van der Waals surface area contributed by atoms with Crippen molar-refractivity contribution in [2.45, 2.75) is 45.4 Å². The number of esters is 4. The van der Waals surface area contributed by atoms with E-state index in [1.807, 2.05) is 12.1 Å². The molecule has 0 aromatic heterocycles. The number of anilines is 2. The van der Waals surface area contributed by atoms with E-state index in [-0.39, 0.29) is 29.4 Å². The number of benzene rings is 5. The van der Waals surface area contributed by atoms with Gasteiger partial charge in [-0.15, -0.1) is 0 Å². The molecule has 0 bridgehead atoms. The molecule has 0 fully saturated rings. The van der Waals surface area contributed by atoms with Crippen LogP contribution >= 0.6 is 0 Å². The van der Waals surface area contributed by atoms with E-state index in [0.717, 1.165) is 22.3 Å². The fourth-order valence-corrected chi connectivity index (χ4v) is 6.00. The van der Waals surface area contributed by atoms with Crippen LogP contribution in [0, 0.1) is 6.92 Å². The molecule has 0 atom stereocenters. The first-order valence-corrected chi connectivity index (χ1v) is 17.9. The Morgan fingerprint density at radius 3 is 1.46 bits per heavy atom. The number of hydrogen-bond donors (Lipinski definition) is 2. The van der Waals surface area contributed by atoms with Gasteiger partial charge in [0.15, 0.2) is 0 Å². The van der Waals surface area contributed by atoms with Crippen LogP contribution in [-0.4, -0.2) is 36.1 Å². The van der Waals surface area contributed by atoms with Gasteiger partial charge in [-0.1, -0.05) is 42.5 Å². The van der Waals surface area contributed by atoms with Gasteiger partial charge in [0, 0.05) is 29.6 Å². The van der Waals surface area contributed by atoms with Gasteiger partial charge in [0.2, 0.25) is 0 Å². The Morgan fingerprint density at radius 1 is 0.509 bits per heavy atom. The number of amides is 2. The lowest BCUT2D eigenvalue weighted by atomic mass is 10.1. The van der Waals surface area contributed by atoms with Gasteiger partial charge in [-0.25, -0.2) is 14.4 Å². The van der Waals surface area contributed by atoms with Crippen molar-refractivity contribution < 1.29 is 57.2 Å². The fourth-order valence-electron chi connectivity index (χ4n) is 6.00. The molecule has 3 heterocycles. The second-order valence-corrected chi connectivity index (χ2v) is 13.0. The van der Waals surface area contributed by atoms with Gasteiger partial charge in [-0.2, -0.15) is 0 Å². The Morgan fingerprint density at radius 2 is 0.965 bits per heavy atom. The van der Waals surface area contributed by atoms with Gasteiger partial charge < -0.3 is 28.4 Å². The minimum atomic E-state index is -0.761. The number of rotatable bonds is 6. The number of ether oxygens (including phenoxy) is 6. The van der Waals surface area contributed by atoms with Crippen molar-refractivity contribution in [3.63, 3.8) is 0 Å². The summed E-state index contributed by atoms with van der Waals surface area (Å²) in [4.78, 5) is 71.1. The quantitative estimate of drug-likeness (QED) is 0.127. The molecule has 0 unspecified atom stereocenters. The highest BCUT2D eigenvalue weighted by molar-refractivity contribution is 5.92. The predicted octanol–water partition coefficient (Wildman–Crippen LogP) is 7.68. The van der Waals surface area contributed by atoms with E-state index < -0.39 is 18.2 Å². The van der Waals surface area contributed by atoms with E-state index >= 15 is 0 Å². The minimum absolute atomic E-state index is 0.218. The first-order chi connectivity index (χ1) is 27.5. The summed E-state index contributed by atoms with van der Waals surface area (Å²) < 4.78 is 31.4. The largest absolute Gasteiger partial charge is 0.426 e. The van der Waals surface area contributed by atoms with Crippen LogP contribution in [0.25, 0.3) is 0 Å². The molecule has 2 amide bonds. The lowest BCUT2D eigenvalue weighted by molar-refractivity contribution is -0.136. The van der Waals surface area contributed by atoms with Crippen molar-refractivity contribution in [1.82, 2.24) is 0 Å². The average molecular weight is 771 g/mol. The number of nitrogens with one attached hydrogen (secondary N) is 2. The standard InChI is InChI=1S/C27H22N2O8.C16H12O4/c1-15-2-7-18(28-26(32)34-19-8-3-16-5-10-24(30)36-22(16)13-19)12-21(15)29-27(33)35-20-9-4-17-6-11-25(31)37-23(17)14-20;17-15-9-7-11-6-8-13(10-14(11)20-15)19-16(18)12-4-2-1-3-5-12/h2-4,7-9,12-14H,5-6,10-11H2,1H3,(H,28,32)(H,29,33);1-6,8,10H,7,9H2. The van der Waals surface area contributed by atoms with E-state index in [4.69, 9.17) is 28.4 Å². The van der Waals surface area contributed by atoms with Crippen LogP contribution in [0.5, 0.6) is 34.5 Å². The van der Waals surface area contributed by atoms with Crippen molar-refractivity contribution in [1.29, 1.82) is 0 Å². The van der Waals surface area contributed by atoms with Crippen molar-refractivity contribution >= 4 is 47.4 Å². The molecule has 0 aliphatic carbocycles. The maximum absolute atomic E-state index is 12.5. The maximum atomic E-state index is 12.5. The normalized spacial score (nSPS) is 13.7. The number of carbonyl (C=O) groups excluding carboxylic acids is 6. The summed E-state index contributed by atoms with van der Waals surface area (Å²) in [6, 6.07) is 28.5. The van der Waals surface area contributed by atoms with E-state index in [1.165, 1.54) is 12.1 Å². The topological polar surface area (TPSA) is 182 Å². The number of carbonyl (C=O) groups is 6. The molecule has 288 valence electrons. The van der Waals surface area contributed by atoms with Crippen molar-refractivity contribution in [3.8, 4) is 34.5 Å². The second-order valence-electron chi connectivity index (χ2n) is 13.0. The zero-order valence-electron chi connectivity index (χ0n) is 30.5. The van der Waals surface area contributed by atoms with Crippen LogP contribution in [0.4, 0.5) is 21.0 Å². The van der Waals surface area contributed by atoms with E-state index in [2.05, 4.69) is 10.6 Å². The van der Waals surface area contributed by atoms with Gasteiger partial charge >= 0.3 is 36.1 Å². The Kier molecular flexibility index (Phi) is 11.2. The Labute approximate surface area is 325 Å². The number of fused-ring (bicyclic) bond motifs is 3. The Hall–Kier alpha value is -7.48. The second kappa shape index (κ2) is 16.9. The third-order valence-electron chi connectivity index (χ3n) is 8.94. The molecule has 14 heteroatoms. The summed E-state index contributed by atoms with van der Waals surface area (Å²) in [6.07, 6.45) is 1.29. The molecule has 0 saturated carbocycles. The van der Waals surface area contributed by atoms with Gasteiger partial charge in [0.25, 0.3) is 0 Å². The molecule has 0 saturated heterocycles. The SMILES string of the molecule is Cc1ccc(NC(=O)Oc2ccc3c(c2)OC(=O)CC3)cc1NC(=O)Oc1ccc2c(c1)OC(=O)CC2.O=C1CCc2ccc(OC(=O)c3ccccc3)cc2O1. The third kappa shape index (κ3) is 9.80. The van der Waals surface area contributed by atoms with E-state index in [1.54, 1.807) is 85.8 Å². The van der Waals surface area contributed by atoms with Gasteiger partial charge in [-0.05, 0) is 90.9 Å². The first kappa shape index (κ1) is 37.8. The lowest BCUT2D eigenvalue weighted by Gasteiger charge is -2.17. The third-order valence-corrected chi connectivity index (χ3v) is 8.94. The van der Waals surface area contributed by atoms with Crippen LogP contribution in [0.3, 0.4) is 0 Å². The van der Waals surface area contributed by atoms with Crippen molar-refractivity contribution in [2.75, 3.05) is 10.6 Å². The minimum Gasteiger partial charge on any atom is -0.426 e. The summed E-state index contributed by atoms with van der Waals surface area (Å²) in [5, 5.41) is 5.24. The molecule has 5 aromatic carbocycles. The first-order valence-electron chi connectivity index (χ1n) is 17.9. The summed E-state index contributed by atoms with van der Waals surface area (Å²) in [5.41, 5.74) is 4.66. The maximum Gasteiger partial charge on any atom is 0.417 e. The highest BCUT2D eigenvalue weighted by Gasteiger charge is 2.21. The van der Waals surface area contributed by atoms with Gasteiger partial charge in [-0.3, -0.25) is 25.0 Å². The van der Waals surface area contributed by atoms with Crippen LogP contribution in [-0.2, 0) is 33.6 Å². The van der Waals surface area contributed by atoms with Crippen molar-refractivity contribution in [3.05, 3.63) is 131 Å². The Bertz CT molecular complexity index is 2410. The van der Waals surface area contributed by atoms with Crippen LogP contribution in [0.2, 0.25) is 0 Å². The summed E-state index contributed by atoms with van der Waals surface area (Å²) in [7, 11) is 0. The number of hydrogen-bond acceptors (Lipinski definition) is 12. The molecule has 0 spiro atoms. The predicted molar refractivity (Wildman–Crippen MR) is 203 cm³/mol. The Balaban J connectivity index is 0.000000208. The summed E-state index contributed by atoms with van der Waals surface area (Å²) >= 11 is 0. The van der Waals surface area contributed by atoms with Crippen LogP contribution in [0.15, 0.2) is 103 Å². The van der Waals surface area contributed by atoms with E-state index in [9.17, 15) is 28.8 Å². The molecule has 14 nitrogen and oxygen atoms in total. The smallest absolute Gasteiger partial charge is 0.417 e. The summed E-state index contributed by atoms with van der Waals surface area (Å²) in [5.74, 6) is 0.667. The lowest BCUT2D eigenvalue weighted by Crippen LogP contribution is -2.20. The molecule has 3 aliphatic rings. The molecule has 0 radical (unpaired) electrons. The van der Waals surface area contributed by atoms with Crippen LogP contribution in [0.1, 0.15) is 51.9 Å². The van der Waals surface area contributed by atoms with E-state index in [0.29, 0.717) is 78.5 Å². The molecule has 3 aliphatic heterocycles. The monoisotopic (exact) mass is 770 g/mol. The average Bonchev–Trinajstić information content (AvgIpc) is 3.19. The van der Waals surface area contributed by atoms with Gasteiger partial charge in [0.1, 0.15) is 34.5 Å². The molecule has 2 N–H and O–H groups in total. The fraction of sp³-hybridized carbons (Fsp3) is 0.163. The molecule has 57 heavy (non-hydrogen) atoms. The highest BCUT2D eigenvalue weighted by atomic mass is 16.6. The molecular weight excluding hydrogens is 736 g/mol.